The molecule has 12 rings (SSSR count). The third-order valence-electron chi connectivity index (χ3n) is 13.3. The van der Waals surface area contributed by atoms with E-state index in [1.54, 1.807) is 0 Å². The first kappa shape index (κ1) is 63.5. The van der Waals surface area contributed by atoms with Gasteiger partial charge in [0, 0.05) is 0 Å². The molecule has 0 amide bonds. The van der Waals surface area contributed by atoms with Crippen LogP contribution in [0.1, 0.15) is 44.5 Å². The molecule has 6 heteroatoms. The molecule has 0 aliphatic carbocycles. The maximum atomic E-state index is 2.28. The normalized spacial score (nSPS) is 10.3. The zero-order chi connectivity index (χ0) is 54.5. The van der Waals surface area contributed by atoms with Crippen molar-refractivity contribution >= 4 is 55.5 Å². The topological polar surface area (TPSA) is 0 Å². The molecule has 78 heavy (non-hydrogen) atoms. The molecule has 0 radical (unpaired) electrons. The Morgan fingerprint density at radius 2 is 0.436 bits per heavy atom. The Balaban J connectivity index is 0.000000181. The molecule has 12 aromatic carbocycles. The fourth-order valence-corrected chi connectivity index (χ4v) is 9.84. The van der Waals surface area contributed by atoms with Gasteiger partial charge in [0.2, 0.25) is 0 Å². The first-order valence-corrected chi connectivity index (χ1v) is 36.1. The summed E-state index contributed by atoms with van der Waals surface area (Å²) in [5, 5.41) is 11.0. The van der Waals surface area contributed by atoms with E-state index in [0.717, 1.165) is 0 Å². The van der Waals surface area contributed by atoms with Crippen molar-refractivity contribution in [3.63, 3.8) is 0 Å². The van der Waals surface area contributed by atoms with Crippen molar-refractivity contribution < 1.29 is 63.2 Å². The van der Waals surface area contributed by atoms with E-state index in [1.807, 2.05) is 0 Å². The number of rotatable bonds is 4. The van der Waals surface area contributed by atoms with Crippen LogP contribution in [0, 0.1) is 55.4 Å². The predicted molar refractivity (Wildman–Crippen MR) is 333 cm³/mol. The molecule has 12 aromatic rings. The van der Waals surface area contributed by atoms with Crippen molar-refractivity contribution in [3.05, 3.63) is 263 Å². The van der Waals surface area contributed by atoms with Gasteiger partial charge in [-0.3, -0.25) is 0 Å². The molecule has 0 aliphatic heterocycles. The molecular weight excluding hydrogens is 1090 g/mol. The third-order valence-corrected chi connectivity index (χ3v) is 13.3. The maximum Gasteiger partial charge on any atom is -0.0279 e. The molecule has 0 bridgehead atoms. The van der Waals surface area contributed by atoms with E-state index in [1.165, 1.54) is 132 Å². The van der Waals surface area contributed by atoms with Crippen LogP contribution in [0.3, 0.4) is 0 Å². The molecule has 0 N–H and O–H groups in total. The van der Waals surface area contributed by atoms with Gasteiger partial charge in [-0.15, -0.1) is 136 Å². The van der Waals surface area contributed by atoms with Crippen molar-refractivity contribution in [2.24, 2.45) is 0 Å². The summed E-state index contributed by atoms with van der Waals surface area (Å²) >= 11 is 4.54. The predicted octanol–water partition coefficient (Wildman–Crippen LogP) is 14.9. The minimum absolute atomic E-state index is 0. The second-order valence-electron chi connectivity index (χ2n) is 20.6. The summed E-state index contributed by atoms with van der Waals surface area (Å²) < 4.78 is 0. The van der Waals surface area contributed by atoms with E-state index in [4.69, 9.17) is 0 Å². The molecule has 0 unspecified atom stereocenters. The minimum Gasteiger partial charge on any atom is -1.00 e. The number of hydrogen-bond acceptors (Lipinski definition) is 0. The Labute approximate surface area is 503 Å². The molecule has 0 saturated heterocycles. The van der Waals surface area contributed by atoms with Gasteiger partial charge in [0.25, 0.3) is 0 Å². The molecule has 0 atom stereocenters. The Kier molecular flexibility index (Phi) is 24.6. The van der Waals surface area contributed by atoms with Gasteiger partial charge >= 0.3 is 76.9 Å². The van der Waals surface area contributed by atoms with E-state index in [-0.39, 0.29) is 37.2 Å². The summed E-state index contributed by atoms with van der Waals surface area (Å²) in [4.78, 5) is 0. The number of halogens is 2. The molecule has 0 spiro atoms. The van der Waals surface area contributed by atoms with Crippen molar-refractivity contribution in [3.8, 4) is 44.5 Å². The van der Waals surface area contributed by atoms with Crippen LogP contribution in [0.4, 0.5) is 0 Å². The zero-order valence-corrected chi connectivity index (χ0v) is 54.2. The summed E-state index contributed by atoms with van der Waals surface area (Å²) in [6, 6.07) is 78.4. The van der Waals surface area contributed by atoms with Crippen LogP contribution in [-0.2, 0) is 38.3 Å². The Bertz CT molecular complexity index is 3350. The standard InChI is InChI=1S/4C17H15.2C2H6Si.2ClH.2Ti/c4*1-12-10-16-13(2)8-9-15(17(16)11-12)14-6-4-3-5-7-14;2*1-3-2;;;;/h4*3-11H,1-2H3;2*1-2H3;2*1H;;/q4*-1;;;;;2*+2/p-2. The molecule has 0 heterocycles. The molecule has 0 saturated carbocycles. The van der Waals surface area contributed by atoms with Gasteiger partial charge in [-0.05, 0) is 22.3 Å². The summed E-state index contributed by atoms with van der Waals surface area (Å²) in [5.74, 6) is 0. The smallest absolute Gasteiger partial charge is 0.0279 e. The van der Waals surface area contributed by atoms with Crippen LogP contribution < -0.4 is 24.8 Å². The number of benzene rings is 8. The van der Waals surface area contributed by atoms with Gasteiger partial charge in [0.15, 0.2) is 0 Å². The van der Waals surface area contributed by atoms with Gasteiger partial charge in [-0.2, -0.15) is 24.3 Å². The van der Waals surface area contributed by atoms with Gasteiger partial charge in [0.1, 0.15) is 0 Å². The Hall–Kier alpha value is -5.36. The molecule has 0 aromatic heterocycles. The van der Waals surface area contributed by atoms with Gasteiger partial charge in [-0.25, -0.2) is 0 Å². The fraction of sp³-hybridized carbons (Fsp3) is 0.167. The molecule has 0 aliphatic rings. The average Bonchev–Trinajstić information content (AvgIpc) is 4.22. The summed E-state index contributed by atoms with van der Waals surface area (Å²) in [5.41, 5.74) is 21.3. The average molecular weight is 1160 g/mol. The van der Waals surface area contributed by atoms with Crippen molar-refractivity contribution in [1.82, 2.24) is 0 Å². The molecule has 392 valence electrons. The van der Waals surface area contributed by atoms with E-state index in [2.05, 4.69) is 338 Å². The quantitative estimate of drug-likeness (QED) is 0.122. The minimum atomic E-state index is 0. The first-order chi connectivity index (χ1) is 36.5. The van der Waals surface area contributed by atoms with Crippen LogP contribution >= 0.6 is 0 Å². The monoisotopic (exact) mass is 1160 g/mol. The Morgan fingerprint density at radius 1 is 0.269 bits per heavy atom. The van der Waals surface area contributed by atoms with Gasteiger partial charge < -0.3 is 24.8 Å². The van der Waals surface area contributed by atoms with Crippen molar-refractivity contribution in [2.45, 2.75) is 81.6 Å². The van der Waals surface area contributed by atoms with E-state index in [0.29, 0.717) is 0 Å². The summed E-state index contributed by atoms with van der Waals surface area (Å²) in [6.45, 7) is 26.4. The van der Waals surface area contributed by atoms with Crippen LogP contribution in [-0.4, -0.2) is 12.4 Å². The van der Waals surface area contributed by atoms with E-state index >= 15 is 0 Å². The number of aryl methyl sites for hydroxylation is 8. The van der Waals surface area contributed by atoms with Crippen LogP contribution in [0.15, 0.2) is 218 Å². The van der Waals surface area contributed by atoms with Crippen LogP contribution in [0.25, 0.3) is 87.6 Å². The van der Waals surface area contributed by atoms with Crippen LogP contribution in [0.5, 0.6) is 0 Å². The molecule has 0 fully saturated rings. The van der Waals surface area contributed by atoms with Crippen molar-refractivity contribution in [1.29, 1.82) is 0 Å². The largest absolute Gasteiger partial charge is 1.00 e. The third kappa shape index (κ3) is 16.8. The number of fused-ring (bicyclic) bond motifs is 4. The zero-order valence-electron chi connectivity index (χ0n) is 47.5. The molecular formula is C72H72Cl2Si2Ti2-2. The Morgan fingerprint density at radius 3 is 0.603 bits per heavy atom. The number of hydrogen-bond donors (Lipinski definition) is 0. The SMILES string of the molecule is C[Si](C)=[Ti+2].C[Si](C)=[Ti+2].Cc1cc2c(-c3ccccc3)ccc(C)c2[cH-]1.Cc1cc2c(-c3ccccc3)ccc(C)c2[cH-]1.Cc1cc2c(-c3ccccc3)ccc(C)c2[cH-]1.Cc1cc2c(-c3ccccc3)ccc(C)c2[cH-]1.[Cl-].[Cl-]. The van der Waals surface area contributed by atoms with Gasteiger partial charge in [0.05, 0.1) is 0 Å². The van der Waals surface area contributed by atoms with E-state index < -0.39 is 0 Å². The maximum absolute atomic E-state index is 2.28. The van der Waals surface area contributed by atoms with E-state index in [9.17, 15) is 0 Å². The first-order valence-electron chi connectivity index (χ1n) is 26.4. The molecule has 0 nitrogen and oxygen atoms in total. The van der Waals surface area contributed by atoms with Crippen LogP contribution in [0.2, 0.25) is 26.2 Å². The fourth-order valence-electron chi connectivity index (χ4n) is 9.84. The summed E-state index contributed by atoms with van der Waals surface area (Å²) in [7, 11) is 0. The van der Waals surface area contributed by atoms with Crippen molar-refractivity contribution in [2.75, 3.05) is 0 Å². The second-order valence-corrected chi connectivity index (χ2v) is 34.0. The second kappa shape index (κ2) is 30.3. The summed E-state index contributed by atoms with van der Waals surface area (Å²) in [6.07, 6.45) is 0.241. The van der Waals surface area contributed by atoms with Gasteiger partial charge in [-0.1, -0.05) is 223 Å².